The van der Waals surface area contributed by atoms with Gasteiger partial charge in [-0.15, -0.1) is 12.4 Å². The van der Waals surface area contributed by atoms with Gasteiger partial charge in [-0.25, -0.2) is 9.37 Å². The molecule has 17 heavy (non-hydrogen) atoms. The summed E-state index contributed by atoms with van der Waals surface area (Å²) in [5, 5.41) is 0.254. The minimum Gasteiger partial charge on any atom is -0.381 e. The quantitative estimate of drug-likeness (QED) is 0.818. The van der Waals surface area contributed by atoms with Crippen LogP contribution >= 0.6 is 35.6 Å². The summed E-state index contributed by atoms with van der Waals surface area (Å²) in [6.07, 6.45) is 0. The van der Waals surface area contributed by atoms with E-state index in [1.165, 1.54) is 0 Å². The summed E-state index contributed by atoms with van der Waals surface area (Å²) in [6.45, 7) is 0. The fourth-order valence-corrected chi connectivity index (χ4v) is 1.67. The van der Waals surface area contributed by atoms with Crippen LogP contribution < -0.4 is 5.73 Å². The van der Waals surface area contributed by atoms with Crippen LogP contribution in [0.15, 0.2) is 24.3 Å². The Kier molecular flexibility index (Phi) is 4.51. The molecule has 0 atom stereocenters. The molecule has 0 radical (unpaired) electrons. The Bertz CT molecular complexity index is 548. The van der Waals surface area contributed by atoms with Crippen molar-refractivity contribution in [2.45, 2.75) is 0 Å². The largest absolute Gasteiger partial charge is 0.381 e. The van der Waals surface area contributed by atoms with E-state index in [1.807, 2.05) is 0 Å². The standard InChI is InChI=1S/C10H6Cl2FN3.ClH/c11-6-4-2-1-3-5(6)8-7(13)9(14)16-10(12)15-8;/h1-4H,(H2,14,15,16);1H. The summed E-state index contributed by atoms with van der Waals surface area (Å²) in [5.74, 6) is -1.02. The van der Waals surface area contributed by atoms with Crippen LogP contribution in [0.1, 0.15) is 0 Å². The summed E-state index contributed by atoms with van der Waals surface area (Å²) < 4.78 is 13.7. The maximum Gasteiger partial charge on any atom is 0.225 e. The van der Waals surface area contributed by atoms with Crippen LogP contribution in [-0.4, -0.2) is 9.97 Å². The van der Waals surface area contributed by atoms with Gasteiger partial charge in [-0.05, 0) is 17.7 Å². The van der Waals surface area contributed by atoms with Crippen LogP contribution in [0.4, 0.5) is 10.2 Å². The number of halogens is 4. The molecule has 0 saturated carbocycles. The van der Waals surface area contributed by atoms with E-state index in [0.29, 0.717) is 10.6 Å². The number of anilines is 1. The first kappa shape index (κ1) is 14.0. The number of hydrogen-bond donors (Lipinski definition) is 1. The zero-order valence-corrected chi connectivity index (χ0v) is 10.7. The van der Waals surface area contributed by atoms with Crippen LogP contribution in [0.2, 0.25) is 10.3 Å². The number of nitrogen functional groups attached to an aromatic ring is 1. The molecule has 90 valence electrons. The predicted octanol–water partition coefficient (Wildman–Crippen LogP) is 3.59. The van der Waals surface area contributed by atoms with Gasteiger partial charge < -0.3 is 5.73 Å². The molecule has 1 aromatic heterocycles. The maximum absolute atomic E-state index is 13.7. The molecule has 2 N–H and O–H groups in total. The van der Waals surface area contributed by atoms with Crippen molar-refractivity contribution in [3.05, 3.63) is 40.4 Å². The van der Waals surface area contributed by atoms with Crippen molar-refractivity contribution in [3.63, 3.8) is 0 Å². The van der Waals surface area contributed by atoms with Crippen molar-refractivity contribution in [1.82, 2.24) is 9.97 Å². The number of nitrogens with zero attached hydrogens (tertiary/aromatic N) is 2. The van der Waals surface area contributed by atoms with Crippen molar-refractivity contribution in [3.8, 4) is 11.3 Å². The molecule has 0 aliphatic rings. The fraction of sp³-hybridized carbons (Fsp3) is 0. The molecule has 0 aliphatic carbocycles. The second kappa shape index (κ2) is 5.49. The van der Waals surface area contributed by atoms with Gasteiger partial charge in [-0.1, -0.05) is 29.8 Å². The molecule has 0 fully saturated rings. The van der Waals surface area contributed by atoms with Gasteiger partial charge >= 0.3 is 0 Å². The topological polar surface area (TPSA) is 51.8 Å². The summed E-state index contributed by atoms with van der Waals surface area (Å²) in [6, 6.07) is 6.70. The van der Waals surface area contributed by atoms with E-state index >= 15 is 0 Å². The third-order valence-electron chi connectivity index (χ3n) is 1.98. The molecular formula is C10H7Cl3FN3. The highest BCUT2D eigenvalue weighted by Crippen LogP contribution is 2.30. The van der Waals surface area contributed by atoms with E-state index in [4.69, 9.17) is 28.9 Å². The Labute approximate surface area is 113 Å². The van der Waals surface area contributed by atoms with Crippen LogP contribution in [0.3, 0.4) is 0 Å². The molecule has 7 heteroatoms. The van der Waals surface area contributed by atoms with Gasteiger partial charge in [0.2, 0.25) is 5.28 Å². The first-order valence-electron chi connectivity index (χ1n) is 4.33. The minimum absolute atomic E-state index is 0. The van der Waals surface area contributed by atoms with Gasteiger partial charge in [-0.3, -0.25) is 0 Å². The summed E-state index contributed by atoms with van der Waals surface area (Å²) in [7, 11) is 0. The zero-order chi connectivity index (χ0) is 11.7. The first-order valence-corrected chi connectivity index (χ1v) is 5.08. The molecule has 3 nitrogen and oxygen atoms in total. The molecule has 0 saturated heterocycles. The van der Waals surface area contributed by atoms with E-state index in [9.17, 15) is 4.39 Å². The SMILES string of the molecule is Cl.Nc1nc(Cl)nc(-c2ccccc2Cl)c1F. The molecule has 0 unspecified atom stereocenters. The van der Waals surface area contributed by atoms with Crippen molar-refractivity contribution < 1.29 is 4.39 Å². The minimum atomic E-state index is -0.725. The second-order valence-corrected chi connectivity index (χ2v) is 3.77. The smallest absolute Gasteiger partial charge is 0.225 e. The van der Waals surface area contributed by atoms with Gasteiger partial charge in [-0.2, -0.15) is 4.98 Å². The molecule has 1 aromatic carbocycles. The predicted molar refractivity (Wildman–Crippen MR) is 69.1 cm³/mol. The van der Waals surface area contributed by atoms with Crippen molar-refractivity contribution >= 4 is 41.4 Å². The van der Waals surface area contributed by atoms with Crippen molar-refractivity contribution in [2.75, 3.05) is 5.73 Å². The monoisotopic (exact) mass is 293 g/mol. The van der Waals surface area contributed by atoms with Gasteiger partial charge in [0.1, 0.15) is 5.69 Å². The lowest BCUT2D eigenvalue weighted by molar-refractivity contribution is 0.624. The number of benzene rings is 1. The maximum atomic E-state index is 13.7. The van der Waals surface area contributed by atoms with E-state index in [-0.39, 0.29) is 29.2 Å². The molecule has 1 heterocycles. The summed E-state index contributed by atoms with van der Waals surface area (Å²) >= 11 is 11.5. The van der Waals surface area contributed by atoms with Crippen LogP contribution in [0, 0.1) is 5.82 Å². The highest BCUT2D eigenvalue weighted by Gasteiger charge is 2.15. The van der Waals surface area contributed by atoms with Crippen molar-refractivity contribution in [1.29, 1.82) is 0 Å². The van der Waals surface area contributed by atoms with Crippen LogP contribution in [-0.2, 0) is 0 Å². The molecule has 0 amide bonds. The third kappa shape index (κ3) is 2.77. The zero-order valence-electron chi connectivity index (χ0n) is 8.32. The Balaban J connectivity index is 0.00000144. The number of aromatic nitrogens is 2. The molecule has 0 spiro atoms. The van der Waals surface area contributed by atoms with Gasteiger partial charge in [0, 0.05) is 5.56 Å². The van der Waals surface area contributed by atoms with Crippen LogP contribution in [0.25, 0.3) is 11.3 Å². The average Bonchev–Trinajstić information content (AvgIpc) is 2.24. The molecule has 2 rings (SSSR count). The molecule has 0 aliphatic heterocycles. The Hall–Kier alpha value is -1.10. The highest BCUT2D eigenvalue weighted by molar-refractivity contribution is 6.33. The van der Waals surface area contributed by atoms with E-state index < -0.39 is 5.82 Å². The summed E-state index contributed by atoms with van der Waals surface area (Å²) in [4.78, 5) is 7.28. The average molecular weight is 295 g/mol. The van der Waals surface area contributed by atoms with E-state index in [0.717, 1.165) is 0 Å². The lowest BCUT2D eigenvalue weighted by Gasteiger charge is -2.06. The lowest BCUT2D eigenvalue weighted by Crippen LogP contribution is -2.01. The Morgan fingerprint density at radius 2 is 1.76 bits per heavy atom. The molecule has 0 bridgehead atoms. The van der Waals surface area contributed by atoms with Gasteiger partial charge in [0.05, 0.1) is 5.02 Å². The van der Waals surface area contributed by atoms with Crippen LogP contribution in [0.5, 0.6) is 0 Å². The van der Waals surface area contributed by atoms with Gasteiger partial charge in [0.15, 0.2) is 11.6 Å². The number of hydrogen-bond acceptors (Lipinski definition) is 3. The normalized spacial score (nSPS) is 9.82. The van der Waals surface area contributed by atoms with E-state index in [2.05, 4.69) is 9.97 Å². The molecule has 2 aromatic rings. The number of nitrogens with two attached hydrogens (primary N) is 1. The second-order valence-electron chi connectivity index (χ2n) is 3.02. The third-order valence-corrected chi connectivity index (χ3v) is 2.48. The van der Waals surface area contributed by atoms with Gasteiger partial charge in [0.25, 0.3) is 0 Å². The Morgan fingerprint density at radius 1 is 1.12 bits per heavy atom. The fourth-order valence-electron chi connectivity index (χ4n) is 1.27. The summed E-state index contributed by atoms with van der Waals surface area (Å²) in [5.41, 5.74) is 5.79. The lowest BCUT2D eigenvalue weighted by atomic mass is 10.1. The number of rotatable bonds is 1. The first-order chi connectivity index (χ1) is 7.59. The van der Waals surface area contributed by atoms with Crippen molar-refractivity contribution in [2.24, 2.45) is 0 Å². The van der Waals surface area contributed by atoms with E-state index in [1.54, 1.807) is 24.3 Å². The highest BCUT2D eigenvalue weighted by atomic mass is 35.5. The molecular weight excluding hydrogens is 287 g/mol. The Morgan fingerprint density at radius 3 is 2.41 bits per heavy atom.